The Bertz CT molecular complexity index is 968. The van der Waals surface area contributed by atoms with Crippen LogP contribution in [0.25, 0.3) is 0 Å². The van der Waals surface area contributed by atoms with E-state index < -0.39 is 0 Å². The molecule has 0 unspecified atom stereocenters. The molecular weight excluding hydrogens is 396 g/mol. The predicted octanol–water partition coefficient (Wildman–Crippen LogP) is 6.65. The maximum Gasteiger partial charge on any atom is 0.319 e. The molecule has 2 aromatic carbocycles. The number of carbonyl (C=O) groups excluding carboxylic acids is 1. The molecule has 0 aromatic heterocycles. The Morgan fingerprint density at radius 2 is 1.88 bits per heavy atom. The van der Waals surface area contributed by atoms with Crippen molar-refractivity contribution in [3.63, 3.8) is 0 Å². The van der Waals surface area contributed by atoms with Gasteiger partial charge in [0.1, 0.15) is 5.75 Å². The van der Waals surface area contributed by atoms with Crippen molar-refractivity contribution in [2.24, 2.45) is 11.3 Å². The first-order valence-corrected chi connectivity index (χ1v) is 12.1. The minimum atomic E-state index is -0.138. The number of hydrogen-bond acceptors (Lipinski definition) is 2. The van der Waals surface area contributed by atoms with Crippen LogP contribution in [-0.2, 0) is 11.8 Å². The van der Waals surface area contributed by atoms with Crippen LogP contribution in [-0.4, -0.2) is 19.7 Å². The topological polar surface area (TPSA) is 50.4 Å². The Kier molecular flexibility index (Phi) is 6.24. The Balaban J connectivity index is 1.47. The van der Waals surface area contributed by atoms with Crippen molar-refractivity contribution in [3.05, 3.63) is 59.2 Å². The van der Waals surface area contributed by atoms with Crippen molar-refractivity contribution in [1.29, 1.82) is 0 Å². The van der Waals surface area contributed by atoms with E-state index in [9.17, 15) is 4.79 Å². The maximum absolute atomic E-state index is 12.6. The summed E-state index contributed by atoms with van der Waals surface area (Å²) in [5.41, 5.74) is 5.59. The third-order valence-corrected chi connectivity index (χ3v) is 8.17. The van der Waals surface area contributed by atoms with Gasteiger partial charge < -0.3 is 15.4 Å². The molecule has 2 amide bonds. The SMILES string of the molecule is COc1ccc(NC(=O)NC[C@]2(C)CCC[C@]3(C)c4ccc(C(C)C)cc4CC[C@@H]23)cc1. The maximum atomic E-state index is 12.6. The monoisotopic (exact) mass is 434 g/mol. The minimum Gasteiger partial charge on any atom is -0.497 e. The zero-order valence-corrected chi connectivity index (χ0v) is 20.3. The molecule has 3 atom stereocenters. The van der Waals surface area contributed by atoms with E-state index in [4.69, 9.17) is 4.74 Å². The van der Waals surface area contributed by atoms with E-state index in [1.54, 1.807) is 18.2 Å². The average molecular weight is 435 g/mol. The molecule has 4 rings (SSSR count). The molecule has 0 heterocycles. The van der Waals surface area contributed by atoms with Gasteiger partial charge in [0.25, 0.3) is 0 Å². The summed E-state index contributed by atoms with van der Waals surface area (Å²) >= 11 is 0. The second-order valence-corrected chi connectivity index (χ2v) is 10.6. The molecule has 32 heavy (non-hydrogen) atoms. The highest BCUT2D eigenvalue weighted by atomic mass is 16.5. The van der Waals surface area contributed by atoms with Crippen LogP contribution in [0.3, 0.4) is 0 Å². The van der Waals surface area contributed by atoms with Gasteiger partial charge in [-0.3, -0.25) is 0 Å². The quantitative estimate of drug-likeness (QED) is 0.553. The first-order valence-electron chi connectivity index (χ1n) is 12.1. The lowest BCUT2D eigenvalue weighted by molar-refractivity contribution is 0.0281. The summed E-state index contributed by atoms with van der Waals surface area (Å²) in [6.45, 7) is 10.1. The number of nitrogens with one attached hydrogen (secondary N) is 2. The van der Waals surface area contributed by atoms with Crippen LogP contribution < -0.4 is 15.4 Å². The molecule has 2 aliphatic rings. The van der Waals surface area contributed by atoms with Crippen molar-refractivity contribution in [2.75, 3.05) is 19.0 Å². The number of benzene rings is 2. The third kappa shape index (κ3) is 4.24. The van der Waals surface area contributed by atoms with Gasteiger partial charge in [-0.2, -0.15) is 0 Å². The summed E-state index contributed by atoms with van der Waals surface area (Å²) in [7, 11) is 1.64. The molecule has 2 aromatic rings. The molecule has 1 fully saturated rings. The Labute approximate surface area is 193 Å². The van der Waals surface area contributed by atoms with E-state index in [1.165, 1.54) is 24.8 Å². The molecule has 0 radical (unpaired) electrons. The van der Waals surface area contributed by atoms with Crippen LogP contribution in [0, 0.1) is 11.3 Å². The first-order chi connectivity index (χ1) is 15.2. The van der Waals surface area contributed by atoms with E-state index in [2.05, 4.69) is 56.5 Å². The zero-order chi connectivity index (χ0) is 22.9. The van der Waals surface area contributed by atoms with E-state index in [0.29, 0.717) is 18.4 Å². The highest BCUT2D eigenvalue weighted by molar-refractivity contribution is 5.89. The van der Waals surface area contributed by atoms with E-state index in [1.807, 2.05) is 24.3 Å². The van der Waals surface area contributed by atoms with Crippen LogP contribution in [0.15, 0.2) is 42.5 Å². The first kappa shape index (κ1) is 22.7. The van der Waals surface area contributed by atoms with E-state index in [0.717, 1.165) is 24.3 Å². The molecule has 4 heteroatoms. The van der Waals surface area contributed by atoms with Gasteiger partial charge in [0.05, 0.1) is 7.11 Å². The second kappa shape index (κ2) is 8.80. The van der Waals surface area contributed by atoms with E-state index in [-0.39, 0.29) is 16.9 Å². The van der Waals surface area contributed by atoms with Crippen LogP contribution in [0.2, 0.25) is 0 Å². The van der Waals surface area contributed by atoms with Crippen molar-refractivity contribution in [3.8, 4) is 5.75 Å². The number of hydrogen-bond donors (Lipinski definition) is 2. The van der Waals surface area contributed by atoms with Crippen molar-refractivity contribution >= 4 is 11.7 Å². The predicted molar refractivity (Wildman–Crippen MR) is 132 cm³/mol. The smallest absolute Gasteiger partial charge is 0.319 e. The second-order valence-electron chi connectivity index (χ2n) is 10.6. The fourth-order valence-corrected chi connectivity index (χ4v) is 6.35. The number of urea groups is 1. The molecule has 0 spiro atoms. The molecule has 2 N–H and O–H groups in total. The molecular formula is C28H38N2O2. The van der Waals surface area contributed by atoms with Gasteiger partial charge in [0, 0.05) is 12.2 Å². The van der Waals surface area contributed by atoms with Crippen molar-refractivity contribution in [2.45, 2.75) is 71.1 Å². The molecule has 0 saturated heterocycles. The summed E-state index contributed by atoms with van der Waals surface area (Å²) < 4.78 is 5.19. The standard InChI is InChI=1S/C28H38N2O2/c1-19(2)20-7-13-24-21(17-20)8-14-25-27(3,15-6-16-28(24,25)4)18-29-26(31)30-22-9-11-23(32-5)12-10-22/h7,9-13,17,19,25H,6,8,14-16,18H2,1-5H3,(H2,29,30,31)/t25-,27-,28+/m0/s1. The third-order valence-electron chi connectivity index (χ3n) is 8.17. The number of carbonyl (C=O) groups is 1. The largest absolute Gasteiger partial charge is 0.497 e. The van der Waals surface area contributed by atoms with Gasteiger partial charge in [0.2, 0.25) is 0 Å². The van der Waals surface area contributed by atoms with Gasteiger partial charge in [-0.25, -0.2) is 4.79 Å². The Morgan fingerprint density at radius 1 is 1.12 bits per heavy atom. The summed E-state index contributed by atoms with van der Waals surface area (Å²) in [6, 6.07) is 14.5. The summed E-state index contributed by atoms with van der Waals surface area (Å²) in [5, 5.41) is 6.15. The number of amides is 2. The van der Waals surface area contributed by atoms with Gasteiger partial charge in [0.15, 0.2) is 0 Å². The van der Waals surface area contributed by atoms with Gasteiger partial charge in [-0.05, 0) is 89.3 Å². The van der Waals surface area contributed by atoms with Crippen molar-refractivity contribution < 1.29 is 9.53 Å². The van der Waals surface area contributed by atoms with Gasteiger partial charge in [-0.15, -0.1) is 0 Å². The fourth-order valence-electron chi connectivity index (χ4n) is 6.35. The van der Waals surface area contributed by atoms with Crippen LogP contribution in [0.1, 0.15) is 76.0 Å². The molecule has 4 nitrogen and oxygen atoms in total. The summed E-state index contributed by atoms with van der Waals surface area (Å²) in [4.78, 5) is 12.6. The number of aryl methyl sites for hydroxylation is 1. The molecule has 0 bridgehead atoms. The van der Waals surface area contributed by atoms with E-state index >= 15 is 0 Å². The van der Waals surface area contributed by atoms with Crippen LogP contribution in [0.4, 0.5) is 10.5 Å². The normalized spacial score (nSPS) is 26.8. The lowest BCUT2D eigenvalue weighted by Crippen LogP contribution is -2.53. The lowest BCUT2D eigenvalue weighted by atomic mass is 9.49. The summed E-state index contributed by atoms with van der Waals surface area (Å²) in [5.74, 6) is 1.92. The summed E-state index contributed by atoms with van der Waals surface area (Å²) in [6.07, 6.45) is 5.94. The van der Waals surface area contributed by atoms with Crippen molar-refractivity contribution in [1.82, 2.24) is 5.32 Å². The number of fused-ring (bicyclic) bond motifs is 3. The molecule has 1 saturated carbocycles. The van der Waals surface area contributed by atoms with Gasteiger partial charge >= 0.3 is 6.03 Å². The van der Waals surface area contributed by atoms with Gasteiger partial charge in [-0.1, -0.05) is 52.3 Å². The number of ether oxygens (including phenoxy) is 1. The highest BCUT2D eigenvalue weighted by Crippen LogP contribution is 2.57. The number of methoxy groups -OCH3 is 1. The lowest BCUT2D eigenvalue weighted by Gasteiger charge is -2.55. The molecule has 0 aliphatic heterocycles. The fraction of sp³-hybridized carbons (Fsp3) is 0.536. The van der Waals surface area contributed by atoms with Crippen LogP contribution >= 0.6 is 0 Å². The van der Waals surface area contributed by atoms with Crippen LogP contribution in [0.5, 0.6) is 5.75 Å². The average Bonchev–Trinajstić information content (AvgIpc) is 2.78. The minimum absolute atomic E-state index is 0.0959. The highest BCUT2D eigenvalue weighted by Gasteiger charge is 2.51. The molecule has 172 valence electrons. The zero-order valence-electron chi connectivity index (χ0n) is 20.3. The number of rotatable bonds is 5. The number of anilines is 1. The molecule has 2 aliphatic carbocycles. The Morgan fingerprint density at radius 3 is 2.56 bits per heavy atom. The Hall–Kier alpha value is -2.49.